The molecule has 0 atom stereocenters. The molecule has 0 heteroatoms. The van der Waals surface area contributed by atoms with E-state index in [1.54, 1.807) is 16.7 Å². The van der Waals surface area contributed by atoms with Gasteiger partial charge in [0.15, 0.2) is 0 Å². The molecule has 0 unspecified atom stereocenters. The Morgan fingerprint density at radius 2 is 1.32 bits per heavy atom. The molecule has 1 aromatic rings. The molecule has 0 spiro atoms. The van der Waals surface area contributed by atoms with Crippen molar-refractivity contribution in [2.75, 3.05) is 0 Å². The molecule has 0 N–H and O–H groups in total. The Kier molecular flexibility index (Phi) is 4.37. The maximum absolute atomic E-state index is 2.60. The van der Waals surface area contributed by atoms with Crippen LogP contribution in [0.3, 0.4) is 0 Å². The lowest BCUT2D eigenvalue weighted by molar-refractivity contribution is 0.189. The molecule has 0 radical (unpaired) electrons. The monoisotopic (exact) mass is 294 g/mol. The predicted octanol–water partition coefficient (Wildman–Crippen LogP) is 6.40. The molecule has 2 fully saturated rings. The lowest BCUT2D eigenvalue weighted by Crippen LogP contribution is -2.28. The van der Waals surface area contributed by atoms with Gasteiger partial charge in [-0.15, -0.1) is 0 Å². The second kappa shape index (κ2) is 6.60. The van der Waals surface area contributed by atoms with E-state index in [1.165, 1.54) is 70.6 Å². The summed E-state index contributed by atoms with van der Waals surface area (Å²) in [6.45, 7) is 0. The van der Waals surface area contributed by atoms with Crippen molar-refractivity contribution in [3.05, 3.63) is 41.5 Å². The molecule has 118 valence electrons. The minimum absolute atomic E-state index is 0.865. The number of hydrogen-bond acceptors (Lipinski definition) is 0. The third-order valence-electron chi connectivity index (χ3n) is 6.54. The minimum atomic E-state index is 0.865. The normalized spacial score (nSPS) is 23.6. The van der Waals surface area contributed by atoms with Gasteiger partial charge in [0.25, 0.3) is 0 Å². The van der Waals surface area contributed by atoms with Gasteiger partial charge in [-0.3, -0.25) is 0 Å². The molecule has 3 aliphatic rings. The lowest BCUT2D eigenvalue weighted by Gasteiger charge is -2.39. The topological polar surface area (TPSA) is 0 Å². The molecular formula is C22H30. The molecular weight excluding hydrogens is 264 g/mol. The fourth-order valence-electron chi connectivity index (χ4n) is 5.50. The number of rotatable bonds is 3. The van der Waals surface area contributed by atoms with Crippen molar-refractivity contribution in [1.29, 1.82) is 0 Å². The van der Waals surface area contributed by atoms with Gasteiger partial charge in [0.05, 0.1) is 0 Å². The van der Waals surface area contributed by atoms with Crippen molar-refractivity contribution < 1.29 is 0 Å². The van der Waals surface area contributed by atoms with Gasteiger partial charge in [-0.05, 0) is 66.6 Å². The Morgan fingerprint density at radius 3 is 1.95 bits per heavy atom. The van der Waals surface area contributed by atoms with Gasteiger partial charge in [-0.2, -0.15) is 0 Å². The maximum atomic E-state index is 2.60. The SMILES string of the molecule is C1=C(C(C2CCCCC2)C2CCCCC2)c2ccccc2C1. The number of allylic oxidation sites excluding steroid dienone is 2. The zero-order chi connectivity index (χ0) is 14.8. The van der Waals surface area contributed by atoms with Crippen LogP contribution in [0.15, 0.2) is 30.3 Å². The van der Waals surface area contributed by atoms with Crippen LogP contribution in [0.25, 0.3) is 5.57 Å². The van der Waals surface area contributed by atoms with E-state index in [2.05, 4.69) is 30.3 Å². The first-order valence-corrected chi connectivity index (χ1v) is 9.72. The summed E-state index contributed by atoms with van der Waals surface area (Å²) in [4.78, 5) is 0. The van der Waals surface area contributed by atoms with Crippen LogP contribution >= 0.6 is 0 Å². The molecule has 22 heavy (non-hydrogen) atoms. The molecule has 0 heterocycles. The molecule has 0 bridgehead atoms. The summed E-state index contributed by atoms with van der Waals surface area (Å²) in [5.74, 6) is 2.80. The Hall–Kier alpha value is -1.04. The maximum Gasteiger partial charge on any atom is -0.00853 e. The van der Waals surface area contributed by atoms with Crippen LogP contribution in [0.4, 0.5) is 0 Å². The minimum Gasteiger partial charge on any atom is -0.0760 e. The van der Waals surface area contributed by atoms with E-state index in [4.69, 9.17) is 0 Å². The Bertz CT molecular complexity index is 509. The summed E-state index contributed by atoms with van der Waals surface area (Å²) in [7, 11) is 0. The number of benzene rings is 1. The first kappa shape index (κ1) is 14.5. The molecule has 4 rings (SSSR count). The zero-order valence-corrected chi connectivity index (χ0v) is 13.9. The van der Waals surface area contributed by atoms with Crippen molar-refractivity contribution in [1.82, 2.24) is 0 Å². The average Bonchev–Trinajstić information content (AvgIpc) is 3.01. The predicted molar refractivity (Wildman–Crippen MR) is 94.8 cm³/mol. The molecule has 0 aromatic heterocycles. The van der Waals surface area contributed by atoms with Gasteiger partial charge < -0.3 is 0 Å². The third kappa shape index (κ3) is 2.77. The van der Waals surface area contributed by atoms with Crippen LogP contribution in [-0.2, 0) is 6.42 Å². The van der Waals surface area contributed by atoms with Crippen LogP contribution in [-0.4, -0.2) is 0 Å². The van der Waals surface area contributed by atoms with Gasteiger partial charge in [-0.25, -0.2) is 0 Å². The second-order valence-corrected chi connectivity index (χ2v) is 7.84. The van der Waals surface area contributed by atoms with Crippen molar-refractivity contribution in [3.8, 4) is 0 Å². The molecule has 0 saturated heterocycles. The van der Waals surface area contributed by atoms with Crippen molar-refractivity contribution >= 4 is 5.57 Å². The molecule has 0 aliphatic heterocycles. The molecule has 0 nitrogen and oxygen atoms in total. The van der Waals surface area contributed by atoms with Gasteiger partial charge in [0, 0.05) is 0 Å². The smallest absolute Gasteiger partial charge is 0.00853 e. The summed E-state index contributed by atoms with van der Waals surface area (Å²) in [6.07, 6.45) is 18.6. The van der Waals surface area contributed by atoms with Gasteiger partial charge >= 0.3 is 0 Å². The summed E-state index contributed by atoms with van der Waals surface area (Å²) in [5.41, 5.74) is 4.92. The molecule has 0 amide bonds. The van der Waals surface area contributed by atoms with E-state index in [1.807, 2.05) is 0 Å². The summed E-state index contributed by atoms with van der Waals surface area (Å²) < 4.78 is 0. The van der Waals surface area contributed by atoms with Crippen LogP contribution < -0.4 is 0 Å². The van der Waals surface area contributed by atoms with E-state index in [9.17, 15) is 0 Å². The van der Waals surface area contributed by atoms with Gasteiger partial charge in [0.1, 0.15) is 0 Å². The van der Waals surface area contributed by atoms with Crippen molar-refractivity contribution in [3.63, 3.8) is 0 Å². The summed E-state index contributed by atoms with van der Waals surface area (Å²) in [6, 6.07) is 9.20. The number of hydrogen-bond donors (Lipinski definition) is 0. The van der Waals surface area contributed by atoms with E-state index in [0.29, 0.717) is 0 Å². The molecule has 3 aliphatic carbocycles. The van der Waals surface area contributed by atoms with Gasteiger partial charge in [-0.1, -0.05) is 68.9 Å². The zero-order valence-electron chi connectivity index (χ0n) is 13.9. The van der Waals surface area contributed by atoms with E-state index < -0.39 is 0 Å². The highest BCUT2D eigenvalue weighted by Gasteiger charge is 2.35. The fourth-order valence-corrected chi connectivity index (χ4v) is 5.50. The standard InChI is InChI=1S/C22H30/c1-3-10-18(11-4-1)22(19-12-5-2-6-13-19)21-16-15-17-9-7-8-14-20(17)21/h7-9,14,16,18-19,22H,1-6,10-13,15H2. The first-order chi connectivity index (χ1) is 10.9. The Morgan fingerprint density at radius 1 is 0.727 bits per heavy atom. The first-order valence-electron chi connectivity index (χ1n) is 9.72. The van der Waals surface area contributed by atoms with Crippen LogP contribution in [0.1, 0.15) is 75.3 Å². The van der Waals surface area contributed by atoms with E-state index >= 15 is 0 Å². The number of fused-ring (bicyclic) bond motifs is 1. The second-order valence-electron chi connectivity index (χ2n) is 7.84. The summed E-state index contributed by atoms with van der Waals surface area (Å²) >= 11 is 0. The van der Waals surface area contributed by atoms with E-state index in [0.717, 1.165) is 17.8 Å². The largest absolute Gasteiger partial charge is 0.0760 e. The van der Waals surface area contributed by atoms with Crippen molar-refractivity contribution in [2.24, 2.45) is 17.8 Å². The van der Waals surface area contributed by atoms with E-state index in [-0.39, 0.29) is 0 Å². The molecule has 1 aromatic carbocycles. The van der Waals surface area contributed by atoms with Gasteiger partial charge in [0.2, 0.25) is 0 Å². The van der Waals surface area contributed by atoms with Crippen LogP contribution in [0, 0.1) is 17.8 Å². The summed E-state index contributed by atoms with van der Waals surface area (Å²) in [5, 5.41) is 0. The fraction of sp³-hybridized carbons (Fsp3) is 0.636. The van der Waals surface area contributed by atoms with Crippen LogP contribution in [0.5, 0.6) is 0 Å². The molecule has 2 saturated carbocycles. The Balaban J connectivity index is 1.65. The van der Waals surface area contributed by atoms with Crippen molar-refractivity contribution in [2.45, 2.75) is 70.6 Å². The highest BCUT2D eigenvalue weighted by molar-refractivity contribution is 5.74. The quantitative estimate of drug-likeness (QED) is 0.605. The van der Waals surface area contributed by atoms with Crippen LogP contribution in [0.2, 0.25) is 0 Å². The third-order valence-corrected chi connectivity index (χ3v) is 6.54. The highest BCUT2D eigenvalue weighted by atomic mass is 14.4. The Labute approximate surface area is 136 Å². The highest BCUT2D eigenvalue weighted by Crippen LogP contribution is 2.48. The average molecular weight is 294 g/mol. The lowest BCUT2D eigenvalue weighted by atomic mass is 9.66.